The number of fused-ring (bicyclic) bond motifs is 7. The van der Waals surface area contributed by atoms with Gasteiger partial charge in [-0.05, 0) is 115 Å². The Morgan fingerprint density at radius 1 is 0.861 bits per heavy atom. The first-order chi connectivity index (χ1) is 16.6. The molecule has 0 bridgehead atoms. The highest BCUT2D eigenvalue weighted by atomic mass is 16.5. The highest BCUT2D eigenvalue weighted by Gasteiger charge is 2.73. The third-order valence-electron chi connectivity index (χ3n) is 14.2. The van der Waals surface area contributed by atoms with Gasteiger partial charge in [-0.25, -0.2) is 0 Å². The van der Waals surface area contributed by atoms with Crippen molar-refractivity contribution in [2.45, 2.75) is 127 Å². The second kappa shape index (κ2) is 8.08. The second-order valence-corrected chi connectivity index (χ2v) is 16.2. The van der Waals surface area contributed by atoms with Crippen molar-refractivity contribution in [1.29, 1.82) is 0 Å². The Morgan fingerprint density at radius 2 is 1.53 bits per heavy atom. The molecule has 0 spiro atoms. The van der Waals surface area contributed by atoms with Crippen molar-refractivity contribution in [2.75, 3.05) is 6.61 Å². The molecule has 5 saturated carbocycles. The molecule has 5 rings (SSSR count). The normalized spacial score (nSPS) is 51.2. The number of esters is 1. The summed E-state index contributed by atoms with van der Waals surface area (Å²) in [6.45, 7) is 22.2. The van der Waals surface area contributed by atoms with Crippen LogP contribution in [-0.2, 0) is 14.3 Å². The predicted octanol–water partition coefficient (Wildman–Crippen LogP) is 8.25. The van der Waals surface area contributed by atoms with E-state index in [-0.39, 0.29) is 39.5 Å². The zero-order valence-corrected chi connectivity index (χ0v) is 24.9. The molecular weight excluding hydrogens is 444 g/mol. The molecule has 0 aromatic rings. The van der Waals surface area contributed by atoms with Crippen LogP contribution < -0.4 is 0 Å². The Hall–Kier alpha value is -0.860. The molecule has 3 nitrogen and oxygen atoms in total. The first kappa shape index (κ1) is 26.7. The summed E-state index contributed by atoms with van der Waals surface area (Å²) in [5, 5.41) is 0. The van der Waals surface area contributed by atoms with E-state index in [0.29, 0.717) is 29.6 Å². The fourth-order valence-corrected chi connectivity index (χ4v) is 11.5. The van der Waals surface area contributed by atoms with Gasteiger partial charge in [-0.1, -0.05) is 55.4 Å². The van der Waals surface area contributed by atoms with Gasteiger partial charge >= 0.3 is 5.97 Å². The summed E-state index contributed by atoms with van der Waals surface area (Å²) in [6, 6.07) is 0. The Balaban J connectivity index is 1.58. The van der Waals surface area contributed by atoms with Gasteiger partial charge < -0.3 is 4.74 Å². The van der Waals surface area contributed by atoms with Crippen LogP contribution in [0, 0.1) is 62.1 Å². The number of hydrogen-bond acceptors (Lipinski definition) is 3. The van der Waals surface area contributed by atoms with Crippen LogP contribution in [0.3, 0.4) is 0 Å². The summed E-state index contributed by atoms with van der Waals surface area (Å²) < 4.78 is 5.76. The molecular formula is C33H54O3. The Kier molecular flexibility index (Phi) is 6.00. The van der Waals surface area contributed by atoms with E-state index in [4.69, 9.17) is 4.74 Å². The molecule has 0 aliphatic heterocycles. The maximum atomic E-state index is 14.5. The van der Waals surface area contributed by atoms with Crippen LogP contribution in [0.25, 0.3) is 0 Å². The van der Waals surface area contributed by atoms with Crippen molar-refractivity contribution >= 4 is 11.8 Å². The van der Waals surface area contributed by atoms with E-state index in [9.17, 15) is 9.59 Å². The third-order valence-corrected chi connectivity index (χ3v) is 14.2. The first-order valence-electron chi connectivity index (χ1n) is 15.3. The van der Waals surface area contributed by atoms with Crippen LogP contribution in [-0.4, -0.2) is 18.4 Å². The topological polar surface area (TPSA) is 43.4 Å². The van der Waals surface area contributed by atoms with E-state index in [1.54, 1.807) is 0 Å². The number of ketones is 1. The van der Waals surface area contributed by atoms with Gasteiger partial charge in [0.1, 0.15) is 5.78 Å². The molecule has 0 saturated heterocycles. The van der Waals surface area contributed by atoms with Crippen LogP contribution in [0.5, 0.6) is 0 Å². The van der Waals surface area contributed by atoms with Crippen molar-refractivity contribution < 1.29 is 14.3 Å². The fraction of sp³-hybridized carbons (Fsp3) is 0.939. The van der Waals surface area contributed by atoms with E-state index in [1.807, 2.05) is 6.92 Å². The van der Waals surface area contributed by atoms with Gasteiger partial charge in [0.25, 0.3) is 0 Å². The van der Waals surface area contributed by atoms with Crippen LogP contribution in [0.2, 0.25) is 0 Å². The monoisotopic (exact) mass is 498 g/mol. The van der Waals surface area contributed by atoms with Crippen molar-refractivity contribution in [2.24, 2.45) is 62.1 Å². The quantitative estimate of drug-likeness (QED) is 0.360. The summed E-state index contributed by atoms with van der Waals surface area (Å²) in [7, 11) is 0. The summed E-state index contributed by atoms with van der Waals surface area (Å²) in [6.07, 6.45) is 10.6. The highest BCUT2D eigenvalue weighted by molar-refractivity contribution is 5.86. The second-order valence-electron chi connectivity index (χ2n) is 16.2. The lowest BCUT2D eigenvalue weighted by Crippen LogP contribution is -2.69. The maximum Gasteiger partial charge on any atom is 0.312 e. The van der Waals surface area contributed by atoms with E-state index in [0.717, 1.165) is 44.4 Å². The van der Waals surface area contributed by atoms with Gasteiger partial charge in [-0.15, -0.1) is 0 Å². The minimum absolute atomic E-state index is 0.00726. The zero-order valence-electron chi connectivity index (χ0n) is 24.9. The van der Waals surface area contributed by atoms with Crippen molar-refractivity contribution in [3.8, 4) is 0 Å². The van der Waals surface area contributed by atoms with Gasteiger partial charge in [0.15, 0.2) is 0 Å². The van der Waals surface area contributed by atoms with Gasteiger partial charge in [-0.2, -0.15) is 0 Å². The van der Waals surface area contributed by atoms with Crippen LogP contribution in [0.15, 0.2) is 0 Å². The van der Waals surface area contributed by atoms with Gasteiger partial charge in [0.2, 0.25) is 0 Å². The molecule has 5 fully saturated rings. The van der Waals surface area contributed by atoms with Crippen LogP contribution >= 0.6 is 0 Å². The molecule has 9 atom stereocenters. The van der Waals surface area contributed by atoms with Crippen LogP contribution in [0.4, 0.5) is 0 Å². The molecule has 0 N–H and O–H groups in total. The fourth-order valence-electron chi connectivity index (χ4n) is 11.5. The Morgan fingerprint density at radius 3 is 2.19 bits per heavy atom. The first-order valence-corrected chi connectivity index (χ1v) is 15.3. The highest BCUT2D eigenvalue weighted by Crippen LogP contribution is 2.76. The summed E-state index contributed by atoms with van der Waals surface area (Å²) in [5.74, 6) is 2.48. The molecule has 3 heteroatoms. The zero-order chi connectivity index (χ0) is 26.5. The lowest BCUT2D eigenvalue weighted by molar-refractivity contribution is -0.242. The SMILES string of the molecule is CCOC(=O)[C@]12CCC(C)(C)C[C@H]1C1C(=O)C[C@@H]3[C@@]4(C)CC[C@H](C)C(C)(C)[C@@H]4CC[C@@]3(C)[C@]1(C)CC2. The lowest BCUT2D eigenvalue weighted by atomic mass is 9.31. The number of carbonyl (C=O) groups is 2. The molecule has 0 aromatic heterocycles. The summed E-state index contributed by atoms with van der Waals surface area (Å²) in [4.78, 5) is 28.1. The average molecular weight is 499 g/mol. The van der Waals surface area contributed by atoms with E-state index < -0.39 is 5.41 Å². The van der Waals surface area contributed by atoms with Crippen molar-refractivity contribution in [3.63, 3.8) is 0 Å². The molecule has 5 aliphatic rings. The standard InChI is InChI=1S/C33H54O3/c1-10-36-27(35)33-17-15-28(3,4)20-22(33)26-23(34)19-25-30(7)13-11-21(2)29(5,6)24(30)12-14-31(25,8)32(26,9)16-18-33/h21-22,24-26H,10-20H2,1-9H3/t21-,22-,24-,25+,26?,30-,31+,32+,33-/m0/s1. The number of hydrogen-bond donors (Lipinski definition) is 0. The molecule has 0 radical (unpaired) electrons. The predicted molar refractivity (Wildman–Crippen MR) is 145 cm³/mol. The molecule has 0 aromatic carbocycles. The molecule has 5 aliphatic carbocycles. The summed E-state index contributed by atoms with van der Waals surface area (Å²) >= 11 is 0. The minimum atomic E-state index is -0.460. The molecule has 1 unspecified atom stereocenters. The Bertz CT molecular complexity index is 933. The molecule has 204 valence electrons. The van der Waals surface area contributed by atoms with Gasteiger partial charge in [0.05, 0.1) is 12.0 Å². The third kappa shape index (κ3) is 3.28. The van der Waals surface area contributed by atoms with Gasteiger partial charge in [-0.3, -0.25) is 9.59 Å². The van der Waals surface area contributed by atoms with E-state index in [2.05, 4.69) is 55.4 Å². The minimum Gasteiger partial charge on any atom is -0.466 e. The Labute approximate surface area is 221 Å². The summed E-state index contributed by atoms with van der Waals surface area (Å²) in [5.41, 5.74) is 0.378. The van der Waals surface area contributed by atoms with Crippen LogP contribution in [0.1, 0.15) is 127 Å². The smallest absolute Gasteiger partial charge is 0.312 e. The van der Waals surface area contributed by atoms with Crippen molar-refractivity contribution in [3.05, 3.63) is 0 Å². The average Bonchev–Trinajstić information content (AvgIpc) is 2.78. The number of carbonyl (C=O) groups excluding carboxylic acids is 2. The maximum absolute atomic E-state index is 14.5. The number of Topliss-reactive ketones (excluding diaryl/α,β-unsaturated/α-hetero) is 1. The number of rotatable bonds is 2. The molecule has 0 amide bonds. The molecule has 0 heterocycles. The van der Waals surface area contributed by atoms with E-state index in [1.165, 1.54) is 25.7 Å². The number of ether oxygens (including phenoxy) is 1. The van der Waals surface area contributed by atoms with Crippen molar-refractivity contribution in [1.82, 2.24) is 0 Å². The van der Waals surface area contributed by atoms with Gasteiger partial charge in [0, 0.05) is 12.3 Å². The largest absolute Gasteiger partial charge is 0.466 e. The van der Waals surface area contributed by atoms with E-state index >= 15 is 0 Å². The molecule has 36 heavy (non-hydrogen) atoms. The lowest BCUT2D eigenvalue weighted by Gasteiger charge is -2.73.